The van der Waals surface area contributed by atoms with Crippen LogP contribution in [0.1, 0.15) is 5.56 Å². The van der Waals surface area contributed by atoms with E-state index in [2.05, 4.69) is 12.8 Å². The Morgan fingerprint density at radius 2 is 2.36 bits per heavy atom. The minimum absolute atomic E-state index is 1.01. The van der Waals surface area contributed by atoms with Crippen LogP contribution in [0.3, 0.4) is 0 Å². The minimum atomic E-state index is 1.01. The summed E-state index contributed by atoms with van der Waals surface area (Å²) in [4.78, 5) is 0. The summed E-state index contributed by atoms with van der Waals surface area (Å²) in [6.45, 7) is 3.68. The van der Waals surface area contributed by atoms with Gasteiger partial charge >= 0.3 is 0 Å². The highest BCUT2D eigenvalue weighted by Gasteiger charge is 1.95. The molecule has 1 heteroatoms. The molecule has 0 bridgehead atoms. The first-order valence-electron chi connectivity index (χ1n) is 3.41. The number of furan rings is 1. The van der Waals surface area contributed by atoms with E-state index >= 15 is 0 Å². The van der Waals surface area contributed by atoms with E-state index in [1.165, 1.54) is 0 Å². The van der Waals surface area contributed by atoms with E-state index in [-0.39, 0.29) is 0 Å². The van der Waals surface area contributed by atoms with E-state index in [0.717, 1.165) is 16.3 Å². The fraction of sp³-hybridized carbons (Fsp3) is 0. The van der Waals surface area contributed by atoms with Crippen LogP contribution < -0.4 is 0 Å². The molecule has 0 unspecified atom stereocenters. The molecule has 0 saturated heterocycles. The Morgan fingerprint density at radius 3 is 3.18 bits per heavy atom. The number of fused-ring (bicyclic) bond motifs is 1. The van der Waals surface area contributed by atoms with Crippen molar-refractivity contribution < 1.29 is 4.42 Å². The Kier molecular flexibility index (Phi) is 1.29. The van der Waals surface area contributed by atoms with Crippen molar-refractivity contribution in [3.05, 3.63) is 42.9 Å². The van der Waals surface area contributed by atoms with Crippen LogP contribution in [0.15, 0.2) is 35.5 Å². The lowest BCUT2D eigenvalue weighted by atomic mass is 10.1. The summed E-state index contributed by atoms with van der Waals surface area (Å²) in [5, 5.41) is 2.08. The lowest BCUT2D eigenvalue weighted by Gasteiger charge is -1.90. The maximum absolute atomic E-state index is 4.91. The molecule has 1 radical (unpaired) electrons. The number of hydrogen-bond acceptors (Lipinski definition) is 1. The fourth-order valence-corrected chi connectivity index (χ4v) is 1.06. The lowest BCUT2D eigenvalue weighted by Crippen LogP contribution is -1.68. The summed E-state index contributed by atoms with van der Waals surface area (Å²) in [6.07, 6.45) is 6.26. The van der Waals surface area contributed by atoms with Gasteiger partial charge in [0.2, 0.25) is 0 Å². The molecular weight excluding hydrogens is 136 g/mol. The van der Waals surface area contributed by atoms with E-state index in [9.17, 15) is 0 Å². The molecule has 1 heterocycles. The van der Waals surface area contributed by atoms with Crippen molar-refractivity contribution in [2.75, 3.05) is 0 Å². The van der Waals surface area contributed by atoms with Crippen LogP contribution >= 0.6 is 0 Å². The molecule has 1 nitrogen and oxygen atoms in total. The van der Waals surface area contributed by atoms with E-state index in [1.54, 1.807) is 6.26 Å². The van der Waals surface area contributed by atoms with E-state index < -0.39 is 0 Å². The van der Waals surface area contributed by atoms with Crippen molar-refractivity contribution in [3.8, 4) is 0 Å². The summed E-state index contributed by atoms with van der Waals surface area (Å²) in [5.41, 5.74) is 1.10. The third-order valence-electron chi connectivity index (χ3n) is 1.67. The van der Waals surface area contributed by atoms with Crippen LogP contribution in [-0.2, 0) is 0 Å². The van der Waals surface area contributed by atoms with Crippen molar-refractivity contribution in [2.45, 2.75) is 0 Å². The summed E-state index contributed by atoms with van der Waals surface area (Å²) in [7, 11) is 0. The molecule has 0 aliphatic carbocycles. The molecule has 0 aliphatic heterocycles. The first kappa shape index (κ1) is 6.23. The molecule has 1 aromatic carbocycles. The van der Waals surface area contributed by atoms with Gasteiger partial charge in [0.1, 0.15) is 0 Å². The van der Waals surface area contributed by atoms with E-state index in [4.69, 9.17) is 4.42 Å². The molecule has 0 spiro atoms. The molecule has 0 amide bonds. The van der Waals surface area contributed by atoms with Crippen LogP contribution in [0.2, 0.25) is 0 Å². The molecular formula is C10H7O. The van der Waals surface area contributed by atoms with E-state index in [1.807, 2.05) is 24.3 Å². The predicted molar refractivity (Wildman–Crippen MR) is 45.1 cm³/mol. The summed E-state index contributed by atoms with van der Waals surface area (Å²) >= 11 is 0. The highest BCUT2D eigenvalue weighted by atomic mass is 16.3. The van der Waals surface area contributed by atoms with Gasteiger partial charge in [-0.1, -0.05) is 18.7 Å². The zero-order chi connectivity index (χ0) is 7.68. The summed E-state index contributed by atoms with van der Waals surface area (Å²) in [6, 6.07) is 5.97. The summed E-state index contributed by atoms with van der Waals surface area (Å²) in [5.74, 6) is 0. The van der Waals surface area contributed by atoms with Gasteiger partial charge in [0, 0.05) is 10.8 Å². The van der Waals surface area contributed by atoms with Gasteiger partial charge in [0.05, 0.1) is 6.26 Å². The van der Waals surface area contributed by atoms with Crippen molar-refractivity contribution in [3.63, 3.8) is 0 Å². The number of hydrogen-bond donors (Lipinski definition) is 0. The van der Waals surface area contributed by atoms with Crippen LogP contribution in [0.4, 0.5) is 0 Å². The van der Waals surface area contributed by atoms with E-state index in [0.29, 0.717) is 0 Å². The number of benzene rings is 1. The molecule has 1 aromatic heterocycles. The highest BCUT2D eigenvalue weighted by Crippen LogP contribution is 2.16. The highest BCUT2D eigenvalue weighted by molar-refractivity contribution is 5.82. The molecule has 2 rings (SSSR count). The van der Waals surface area contributed by atoms with Gasteiger partial charge in [-0.25, -0.2) is 0 Å². The molecule has 2 aromatic rings. The van der Waals surface area contributed by atoms with Gasteiger partial charge in [-0.15, -0.1) is 0 Å². The SMILES string of the molecule is C=Cc1ccc2[c]occ2c1. The van der Waals surface area contributed by atoms with Crippen molar-refractivity contribution in [2.24, 2.45) is 0 Å². The molecule has 0 atom stereocenters. The predicted octanol–water partition coefficient (Wildman–Crippen LogP) is 2.88. The average Bonchev–Trinajstić information content (AvgIpc) is 2.50. The van der Waals surface area contributed by atoms with Crippen LogP contribution in [0.25, 0.3) is 16.8 Å². The fourth-order valence-electron chi connectivity index (χ4n) is 1.06. The third-order valence-corrected chi connectivity index (χ3v) is 1.67. The normalized spacial score (nSPS) is 10.2. The molecule has 0 aliphatic rings. The Balaban J connectivity index is 2.76. The second kappa shape index (κ2) is 2.27. The zero-order valence-corrected chi connectivity index (χ0v) is 6.00. The van der Waals surface area contributed by atoms with Gasteiger partial charge in [-0.05, 0) is 17.7 Å². The minimum Gasteiger partial charge on any atom is -0.460 e. The van der Waals surface area contributed by atoms with Gasteiger partial charge in [0.15, 0.2) is 6.26 Å². The first-order chi connectivity index (χ1) is 5.40. The molecule has 0 fully saturated rings. The molecule has 11 heavy (non-hydrogen) atoms. The van der Waals surface area contributed by atoms with Crippen molar-refractivity contribution in [1.82, 2.24) is 0 Å². The Morgan fingerprint density at radius 1 is 1.45 bits per heavy atom. The smallest absolute Gasteiger partial charge is 0.177 e. The van der Waals surface area contributed by atoms with Gasteiger partial charge in [-0.3, -0.25) is 0 Å². The topological polar surface area (TPSA) is 13.1 Å². The maximum atomic E-state index is 4.91. The van der Waals surface area contributed by atoms with Crippen LogP contribution in [0.5, 0.6) is 0 Å². The van der Waals surface area contributed by atoms with Crippen molar-refractivity contribution in [1.29, 1.82) is 0 Å². The average molecular weight is 143 g/mol. The Labute approximate surface area is 64.9 Å². The molecule has 0 saturated carbocycles. The number of rotatable bonds is 1. The molecule has 53 valence electrons. The zero-order valence-electron chi connectivity index (χ0n) is 6.00. The first-order valence-corrected chi connectivity index (χ1v) is 3.41. The lowest BCUT2D eigenvalue weighted by molar-refractivity contribution is 0.563. The Hall–Kier alpha value is -1.50. The second-order valence-electron chi connectivity index (χ2n) is 2.39. The largest absolute Gasteiger partial charge is 0.460 e. The van der Waals surface area contributed by atoms with Crippen LogP contribution in [-0.4, -0.2) is 0 Å². The van der Waals surface area contributed by atoms with Gasteiger partial charge in [-0.2, -0.15) is 0 Å². The second-order valence-corrected chi connectivity index (χ2v) is 2.39. The standard InChI is InChI=1S/C10H7O/c1-2-8-3-4-9-6-11-7-10(9)5-8/h2-5,7H,1H2. The quantitative estimate of drug-likeness (QED) is 0.598. The molecule has 0 N–H and O–H groups in total. The monoisotopic (exact) mass is 143 g/mol. The van der Waals surface area contributed by atoms with Crippen LogP contribution in [0, 0.1) is 6.26 Å². The summed E-state index contributed by atoms with van der Waals surface area (Å²) < 4.78 is 4.91. The van der Waals surface area contributed by atoms with Gasteiger partial charge in [0.25, 0.3) is 0 Å². The van der Waals surface area contributed by atoms with Crippen molar-refractivity contribution >= 4 is 16.8 Å². The van der Waals surface area contributed by atoms with Gasteiger partial charge < -0.3 is 4.42 Å². The maximum Gasteiger partial charge on any atom is 0.177 e. The Bertz CT molecular complexity index is 384. The third kappa shape index (κ3) is 0.944.